The second kappa shape index (κ2) is 5.40. The fourth-order valence-electron chi connectivity index (χ4n) is 2.41. The second-order valence-electron chi connectivity index (χ2n) is 4.93. The van der Waals surface area contributed by atoms with E-state index in [1.54, 1.807) is 30.5 Å². The maximum Gasteiger partial charge on any atom is 0.375 e. The van der Waals surface area contributed by atoms with Gasteiger partial charge in [-0.2, -0.15) is 0 Å². The first kappa shape index (κ1) is 14.8. The zero-order valence-electron chi connectivity index (χ0n) is 11.9. The van der Waals surface area contributed by atoms with Crippen LogP contribution in [0.3, 0.4) is 0 Å². The van der Waals surface area contributed by atoms with Crippen molar-refractivity contribution in [2.45, 2.75) is 0 Å². The minimum absolute atomic E-state index is 0.0851. The van der Waals surface area contributed by atoms with Gasteiger partial charge in [0, 0.05) is 11.6 Å². The standard InChI is InChI=1S/C16H7ClN2O4S/c17-11-10-6-3-7-18-13(10)24-12(11)16(22)23-19-14(20)8-4-1-2-5-9(8)15(19)21/h1-7H. The molecule has 0 saturated heterocycles. The highest BCUT2D eigenvalue weighted by atomic mass is 35.5. The van der Waals surface area contributed by atoms with E-state index in [0.29, 0.717) is 15.3 Å². The number of thiophene rings is 1. The van der Waals surface area contributed by atoms with E-state index in [-0.39, 0.29) is 21.0 Å². The molecule has 0 saturated carbocycles. The molecule has 1 aliphatic heterocycles. The number of benzene rings is 1. The lowest BCUT2D eigenvalue weighted by Gasteiger charge is -2.11. The third kappa shape index (κ3) is 2.10. The van der Waals surface area contributed by atoms with E-state index in [1.807, 2.05) is 0 Å². The van der Waals surface area contributed by atoms with Gasteiger partial charge in [0.05, 0.1) is 16.1 Å². The summed E-state index contributed by atoms with van der Waals surface area (Å²) in [6.07, 6.45) is 1.58. The highest BCUT2D eigenvalue weighted by Gasteiger charge is 2.39. The van der Waals surface area contributed by atoms with Crippen LogP contribution in [0.25, 0.3) is 10.2 Å². The number of amides is 2. The normalized spacial score (nSPS) is 13.5. The summed E-state index contributed by atoms with van der Waals surface area (Å²) in [4.78, 5) is 46.6. The third-order valence-electron chi connectivity index (χ3n) is 3.52. The van der Waals surface area contributed by atoms with Gasteiger partial charge in [0.15, 0.2) is 0 Å². The van der Waals surface area contributed by atoms with Gasteiger partial charge in [0.25, 0.3) is 11.8 Å². The Bertz CT molecular complexity index is 995. The summed E-state index contributed by atoms with van der Waals surface area (Å²) in [5, 5.41) is 1.25. The van der Waals surface area contributed by atoms with Crippen molar-refractivity contribution in [2.75, 3.05) is 0 Å². The maximum atomic E-state index is 12.4. The van der Waals surface area contributed by atoms with Crippen molar-refractivity contribution in [1.82, 2.24) is 10.0 Å². The Hall–Kier alpha value is -2.77. The first-order valence-corrected chi connectivity index (χ1v) is 8.00. The van der Waals surface area contributed by atoms with E-state index < -0.39 is 17.8 Å². The number of carbonyl (C=O) groups is 3. The van der Waals surface area contributed by atoms with Crippen molar-refractivity contribution in [3.05, 3.63) is 63.6 Å². The minimum atomic E-state index is -0.877. The van der Waals surface area contributed by atoms with Gasteiger partial charge in [-0.05, 0) is 24.3 Å². The highest BCUT2D eigenvalue weighted by Crippen LogP contribution is 2.35. The number of pyridine rings is 1. The molecule has 2 amide bonds. The predicted octanol–water partition coefficient (Wildman–Crippen LogP) is 3.32. The van der Waals surface area contributed by atoms with Crippen LogP contribution in [0.2, 0.25) is 5.02 Å². The molecular weight excluding hydrogens is 352 g/mol. The van der Waals surface area contributed by atoms with Crippen LogP contribution >= 0.6 is 22.9 Å². The summed E-state index contributed by atoms with van der Waals surface area (Å²) < 4.78 is 0. The number of carbonyl (C=O) groups excluding carboxylic acids is 3. The summed E-state index contributed by atoms with van der Waals surface area (Å²) in [7, 11) is 0. The van der Waals surface area contributed by atoms with Crippen molar-refractivity contribution in [3.63, 3.8) is 0 Å². The van der Waals surface area contributed by atoms with Crippen LogP contribution in [-0.4, -0.2) is 27.8 Å². The predicted molar refractivity (Wildman–Crippen MR) is 87.0 cm³/mol. The van der Waals surface area contributed by atoms with E-state index in [9.17, 15) is 14.4 Å². The molecule has 24 heavy (non-hydrogen) atoms. The highest BCUT2D eigenvalue weighted by molar-refractivity contribution is 7.21. The first-order chi connectivity index (χ1) is 11.6. The molecule has 0 N–H and O–H groups in total. The molecule has 2 aromatic heterocycles. The van der Waals surface area contributed by atoms with Crippen LogP contribution in [-0.2, 0) is 4.84 Å². The van der Waals surface area contributed by atoms with E-state index >= 15 is 0 Å². The Morgan fingerprint density at radius 3 is 2.38 bits per heavy atom. The van der Waals surface area contributed by atoms with Gasteiger partial charge < -0.3 is 4.84 Å². The van der Waals surface area contributed by atoms with Crippen LogP contribution in [0.5, 0.6) is 0 Å². The molecule has 6 nitrogen and oxygen atoms in total. The Morgan fingerprint density at radius 1 is 1.08 bits per heavy atom. The quantitative estimate of drug-likeness (QED) is 0.657. The number of hydroxylamine groups is 2. The van der Waals surface area contributed by atoms with E-state index in [0.717, 1.165) is 11.3 Å². The molecule has 8 heteroatoms. The number of halogens is 1. The number of fused-ring (bicyclic) bond motifs is 2. The smallest absolute Gasteiger partial charge is 0.323 e. The molecule has 1 aromatic carbocycles. The molecule has 118 valence electrons. The summed E-state index contributed by atoms with van der Waals surface area (Å²) in [5.74, 6) is -2.24. The van der Waals surface area contributed by atoms with Crippen LogP contribution < -0.4 is 0 Å². The first-order valence-electron chi connectivity index (χ1n) is 6.81. The molecule has 0 fully saturated rings. The molecule has 0 spiro atoms. The second-order valence-corrected chi connectivity index (χ2v) is 6.31. The van der Waals surface area contributed by atoms with E-state index in [2.05, 4.69) is 4.98 Å². The van der Waals surface area contributed by atoms with Crippen molar-refractivity contribution < 1.29 is 19.2 Å². The van der Waals surface area contributed by atoms with Crippen LogP contribution in [0, 0.1) is 0 Å². The molecular formula is C16H7ClN2O4S. The van der Waals surface area contributed by atoms with Gasteiger partial charge in [-0.15, -0.1) is 11.3 Å². The fourth-order valence-corrected chi connectivity index (χ4v) is 3.72. The SMILES string of the molecule is O=C(ON1C(=O)c2ccccc2C1=O)c1sc2ncccc2c1Cl. The van der Waals surface area contributed by atoms with Crippen LogP contribution in [0.4, 0.5) is 0 Å². The number of hydrogen-bond donors (Lipinski definition) is 0. The average molecular weight is 359 g/mol. The van der Waals surface area contributed by atoms with E-state index in [4.69, 9.17) is 16.4 Å². The number of imide groups is 1. The lowest BCUT2D eigenvalue weighted by molar-refractivity contribution is -0.0581. The van der Waals surface area contributed by atoms with Crippen molar-refractivity contribution in [3.8, 4) is 0 Å². The van der Waals surface area contributed by atoms with Gasteiger partial charge in [-0.1, -0.05) is 28.8 Å². The largest absolute Gasteiger partial charge is 0.375 e. The van der Waals surface area contributed by atoms with Crippen LogP contribution in [0.1, 0.15) is 30.4 Å². The van der Waals surface area contributed by atoms with E-state index in [1.165, 1.54) is 12.1 Å². The number of aromatic nitrogens is 1. The van der Waals surface area contributed by atoms with Crippen molar-refractivity contribution >= 4 is 50.9 Å². The Morgan fingerprint density at radius 2 is 1.75 bits per heavy atom. The lowest BCUT2D eigenvalue weighted by atomic mass is 10.1. The monoisotopic (exact) mass is 358 g/mol. The topological polar surface area (TPSA) is 76.6 Å². The van der Waals surface area contributed by atoms with Gasteiger partial charge >= 0.3 is 5.97 Å². The molecule has 0 unspecified atom stereocenters. The average Bonchev–Trinajstić information content (AvgIpc) is 3.06. The zero-order valence-corrected chi connectivity index (χ0v) is 13.4. The number of hydrogen-bond acceptors (Lipinski definition) is 6. The van der Waals surface area contributed by atoms with Crippen LogP contribution in [0.15, 0.2) is 42.6 Å². The molecule has 0 radical (unpaired) electrons. The molecule has 0 atom stereocenters. The molecule has 1 aliphatic rings. The fraction of sp³-hybridized carbons (Fsp3) is 0. The summed E-state index contributed by atoms with van der Waals surface area (Å²) in [5.41, 5.74) is 0.388. The van der Waals surface area contributed by atoms with Crippen molar-refractivity contribution in [2.24, 2.45) is 0 Å². The number of rotatable bonds is 2. The molecule has 0 bridgehead atoms. The third-order valence-corrected chi connectivity index (χ3v) is 5.12. The number of nitrogens with zero attached hydrogens (tertiary/aromatic N) is 2. The summed E-state index contributed by atoms with van der Waals surface area (Å²) in [6.45, 7) is 0. The van der Waals surface area contributed by atoms with Gasteiger partial charge in [-0.25, -0.2) is 9.78 Å². The van der Waals surface area contributed by atoms with Gasteiger partial charge in [0.2, 0.25) is 0 Å². The molecule has 4 rings (SSSR count). The minimum Gasteiger partial charge on any atom is -0.323 e. The Kier molecular flexibility index (Phi) is 3.33. The summed E-state index contributed by atoms with van der Waals surface area (Å²) in [6, 6.07) is 9.67. The lowest BCUT2D eigenvalue weighted by Crippen LogP contribution is -2.32. The molecule has 3 heterocycles. The van der Waals surface area contributed by atoms with Gasteiger partial charge in [0.1, 0.15) is 9.71 Å². The molecule has 0 aliphatic carbocycles. The maximum absolute atomic E-state index is 12.4. The summed E-state index contributed by atoms with van der Waals surface area (Å²) >= 11 is 7.22. The Balaban J connectivity index is 1.66. The zero-order chi connectivity index (χ0) is 16.8. The molecule has 3 aromatic rings. The van der Waals surface area contributed by atoms with Gasteiger partial charge in [-0.3, -0.25) is 9.59 Å². The van der Waals surface area contributed by atoms with Crippen molar-refractivity contribution in [1.29, 1.82) is 0 Å². The Labute approximate surface area is 144 Å².